The van der Waals surface area contributed by atoms with Crippen LogP contribution in [-0.2, 0) is 0 Å². The summed E-state index contributed by atoms with van der Waals surface area (Å²) in [5, 5.41) is 3.42. The molecule has 0 fully saturated rings. The van der Waals surface area contributed by atoms with E-state index in [2.05, 4.69) is 24.4 Å². The average Bonchev–Trinajstić information content (AvgIpc) is 2.54. The number of methoxy groups -OCH3 is 2. The molecule has 2 aromatic rings. The number of anilines is 1. The lowest BCUT2D eigenvalue weighted by atomic mass is 10.1. The van der Waals surface area contributed by atoms with Crippen molar-refractivity contribution in [2.24, 2.45) is 0 Å². The summed E-state index contributed by atoms with van der Waals surface area (Å²) in [6, 6.07) is 16.1. The highest BCUT2D eigenvalue weighted by Crippen LogP contribution is 2.16. The van der Waals surface area contributed by atoms with Gasteiger partial charge in [0.2, 0.25) is 0 Å². The van der Waals surface area contributed by atoms with Crippen molar-refractivity contribution in [3.05, 3.63) is 60.2 Å². The fourth-order valence-corrected chi connectivity index (χ4v) is 1.97. The first-order chi connectivity index (χ1) is 10.2. The van der Waals surface area contributed by atoms with Crippen molar-refractivity contribution in [1.29, 1.82) is 0 Å². The van der Waals surface area contributed by atoms with Crippen LogP contribution in [0.1, 0.15) is 12.5 Å². The van der Waals surface area contributed by atoms with Crippen molar-refractivity contribution < 1.29 is 9.47 Å². The lowest BCUT2D eigenvalue weighted by molar-refractivity contribution is 0.414. The fourth-order valence-electron chi connectivity index (χ4n) is 1.97. The van der Waals surface area contributed by atoms with Gasteiger partial charge in [-0.05, 0) is 48.9 Å². The molecule has 2 rings (SSSR count). The van der Waals surface area contributed by atoms with Crippen LogP contribution in [0.4, 0.5) is 5.69 Å². The monoisotopic (exact) mass is 283 g/mol. The predicted molar refractivity (Wildman–Crippen MR) is 88.1 cm³/mol. The Hall–Kier alpha value is -2.42. The van der Waals surface area contributed by atoms with Crippen molar-refractivity contribution in [2.75, 3.05) is 19.5 Å². The number of benzene rings is 2. The molecule has 3 heteroatoms. The smallest absolute Gasteiger partial charge is 0.119 e. The van der Waals surface area contributed by atoms with Gasteiger partial charge in [0, 0.05) is 11.7 Å². The van der Waals surface area contributed by atoms with Crippen LogP contribution in [0.15, 0.2) is 54.6 Å². The Balaban J connectivity index is 1.93. The second-order valence-electron chi connectivity index (χ2n) is 4.79. The van der Waals surface area contributed by atoms with Gasteiger partial charge in [0.1, 0.15) is 11.5 Å². The van der Waals surface area contributed by atoms with Gasteiger partial charge in [-0.15, -0.1) is 0 Å². The van der Waals surface area contributed by atoms with E-state index < -0.39 is 0 Å². The van der Waals surface area contributed by atoms with Crippen LogP contribution in [0.25, 0.3) is 6.08 Å². The Morgan fingerprint density at radius 3 is 1.90 bits per heavy atom. The van der Waals surface area contributed by atoms with E-state index in [0.717, 1.165) is 22.7 Å². The summed E-state index contributed by atoms with van der Waals surface area (Å²) in [7, 11) is 3.34. The van der Waals surface area contributed by atoms with Crippen LogP contribution in [0.2, 0.25) is 0 Å². The summed E-state index contributed by atoms with van der Waals surface area (Å²) < 4.78 is 10.3. The van der Waals surface area contributed by atoms with Gasteiger partial charge < -0.3 is 14.8 Å². The third-order valence-electron chi connectivity index (χ3n) is 3.18. The van der Waals surface area contributed by atoms with Crippen LogP contribution in [0.5, 0.6) is 11.5 Å². The molecule has 21 heavy (non-hydrogen) atoms. The molecule has 0 radical (unpaired) electrons. The minimum atomic E-state index is 0.237. The largest absolute Gasteiger partial charge is 0.497 e. The first-order valence-corrected chi connectivity index (χ1v) is 6.94. The lowest BCUT2D eigenvalue weighted by Gasteiger charge is -2.11. The molecule has 0 aliphatic heterocycles. The second-order valence-corrected chi connectivity index (χ2v) is 4.79. The Morgan fingerprint density at radius 2 is 1.38 bits per heavy atom. The molecular weight excluding hydrogens is 262 g/mol. The molecule has 3 nitrogen and oxygen atoms in total. The molecule has 0 saturated heterocycles. The van der Waals surface area contributed by atoms with Crippen molar-refractivity contribution in [3.63, 3.8) is 0 Å². The Labute approximate surface area is 126 Å². The van der Waals surface area contributed by atoms with Gasteiger partial charge in [-0.1, -0.05) is 24.3 Å². The molecule has 2 aromatic carbocycles. The fraction of sp³-hybridized carbons (Fsp3) is 0.222. The molecule has 110 valence electrons. The van der Waals surface area contributed by atoms with Crippen LogP contribution >= 0.6 is 0 Å². The van der Waals surface area contributed by atoms with E-state index in [-0.39, 0.29) is 6.04 Å². The van der Waals surface area contributed by atoms with Crippen molar-refractivity contribution in [1.82, 2.24) is 0 Å². The number of rotatable bonds is 6. The molecule has 1 unspecified atom stereocenters. The number of hydrogen-bond acceptors (Lipinski definition) is 3. The third-order valence-corrected chi connectivity index (χ3v) is 3.18. The molecule has 1 N–H and O–H groups in total. The summed E-state index contributed by atoms with van der Waals surface area (Å²) in [4.78, 5) is 0. The van der Waals surface area contributed by atoms with Crippen LogP contribution in [-0.4, -0.2) is 20.3 Å². The van der Waals surface area contributed by atoms with Crippen molar-refractivity contribution >= 4 is 11.8 Å². The zero-order valence-corrected chi connectivity index (χ0v) is 12.7. The normalized spacial score (nSPS) is 12.1. The molecule has 1 atom stereocenters. The highest BCUT2D eigenvalue weighted by atomic mass is 16.5. The number of hydrogen-bond donors (Lipinski definition) is 1. The Kier molecular flexibility index (Phi) is 5.27. The molecule has 0 aromatic heterocycles. The standard InChI is InChI=1S/C18H21NO2/c1-14(19-16-8-12-18(21-3)13-9-16)4-5-15-6-10-17(20-2)11-7-15/h4-14,19H,1-3H3. The SMILES string of the molecule is COc1ccc(C=CC(C)Nc2ccc(OC)cc2)cc1. The van der Waals surface area contributed by atoms with Gasteiger partial charge in [-0.25, -0.2) is 0 Å². The number of nitrogens with one attached hydrogen (secondary N) is 1. The number of ether oxygens (including phenoxy) is 2. The second kappa shape index (κ2) is 7.39. The van der Waals surface area contributed by atoms with Gasteiger partial charge >= 0.3 is 0 Å². The first-order valence-electron chi connectivity index (χ1n) is 6.94. The van der Waals surface area contributed by atoms with Gasteiger partial charge in [0.25, 0.3) is 0 Å². The molecule has 0 aliphatic rings. The minimum absolute atomic E-state index is 0.237. The summed E-state index contributed by atoms with van der Waals surface area (Å²) in [5.74, 6) is 1.73. The zero-order valence-electron chi connectivity index (χ0n) is 12.7. The molecule has 0 heterocycles. The van der Waals surface area contributed by atoms with Gasteiger partial charge in [0.05, 0.1) is 14.2 Å². The Morgan fingerprint density at radius 1 is 0.857 bits per heavy atom. The van der Waals surface area contributed by atoms with E-state index >= 15 is 0 Å². The molecule has 0 spiro atoms. The van der Waals surface area contributed by atoms with Crippen LogP contribution in [0.3, 0.4) is 0 Å². The summed E-state index contributed by atoms with van der Waals surface area (Å²) in [5.41, 5.74) is 2.22. The lowest BCUT2D eigenvalue weighted by Crippen LogP contribution is -2.11. The van der Waals surface area contributed by atoms with Gasteiger partial charge in [-0.3, -0.25) is 0 Å². The third kappa shape index (κ3) is 4.56. The summed E-state index contributed by atoms with van der Waals surface area (Å²) in [6.45, 7) is 2.12. The molecule has 0 aliphatic carbocycles. The van der Waals surface area contributed by atoms with Crippen LogP contribution < -0.4 is 14.8 Å². The minimum Gasteiger partial charge on any atom is -0.497 e. The summed E-state index contributed by atoms with van der Waals surface area (Å²) >= 11 is 0. The molecule has 0 bridgehead atoms. The van der Waals surface area contributed by atoms with E-state index in [9.17, 15) is 0 Å². The highest BCUT2D eigenvalue weighted by molar-refractivity contribution is 5.53. The summed E-state index contributed by atoms with van der Waals surface area (Å²) in [6.07, 6.45) is 4.23. The molecular formula is C18H21NO2. The maximum absolute atomic E-state index is 5.15. The van der Waals surface area contributed by atoms with Crippen LogP contribution in [0, 0.1) is 0 Å². The van der Waals surface area contributed by atoms with E-state index in [4.69, 9.17) is 9.47 Å². The van der Waals surface area contributed by atoms with E-state index in [1.807, 2.05) is 48.5 Å². The van der Waals surface area contributed by atoms with Gasteiger partial charge in [-0.2, -0.15) is 0 Å². The maximum Gasteiger partial charge on any atom is 0.119 e. The average molecular weight is 283 g/mol. The topological polar surface area (TPSA) is 30.5 Å². The highest BCUT2D eigenvalue weighted by Gasteiger charge is 1.98. The Bertz CT molecular complexity index is 573. The zero-order chi connectivity index (χ0) is 15.1. The quantitative estimate of drug-likeness (QED) is 0.861. The van der Waals surface area contributed by atoms with E-state index in [1.165, 1.54) is 0 Å². The molecule has 0 saturated carbocycles. The predicted octanol–water partition coefficient (Wildman–Crippen LogP) is 4.22. The van der Waals surface area contributed by atoms with Crippen molar-refractivity contribution in [3.8, 4) is 11.5 Å². The maximum atomic E-state index is 5.15. The molecule has 0 amide bonds. The van der Waals surface area contributed by atoms with E-state index in [0.29, 0.717) is 0 Å². The van der Waals surface area contributed by atoms with E-state index in [1.54, 1.807) is 14.2 Å². The van der Waals surface area contributed by atoms with Gasteiger partial charge in [0.15, 0.2) is 0 Å². The first kappa shape index (κ1) is 15.0. The van der Waals surface area contributed by atoms with Crippen molar-refractivity contribution in [2.45, 2.75) is 13.0 Å².